The maximum absolute atomic E-state index is 12.4. The molecule has 1 saturated carbocycles. The van der Waals surface area contributed by atoms with Crippen LogP contribution in [-0.2, 0) is 9.59 Å². The first-order valence-corrected chi connectivity index (χ1v) is 7.38. The zero-order chi connectivity index (χ0) is 15.4. The van der Waals surface area contributed by atoms with E-state index in [0.29, 0.717) is 12.2 Å². The molecule has 1 aliphatic rings. The molecule has 5 heteroatoms. The lowest BCUT2D eigenvalue weighted by molar-refractivity contribution is -0.120. The molecular weight excluding hydrogens is 266 g/mol. The lowest BCUT2D eigenvalue weighted by Gasteiger charge is -2.19. The van der Waals surface area contributed by atoms with Crippen LogP contribution in [-0.4, -0.2) is 25.4 Å². The van der Waals surface area contributed by atoms with Crippen LogP contribution in [0.25, 0.3) is 0 Å². The van der Waals surface area contributed by atoms with E-state index in [1.807, 2.05) is 24.3 Å². The van der Waals surface area contributed by atoms with Gasteiger partial charge in [0.1, 0.15) is 0 Å². The van der Waals surface area contributed by atoms with Gasteiger partial charge in [0.2, 0.25) is 11.8 Å². The van der Waals surface area contributed by atoms with Gasteiger partial charge in [0.15, 0.2) is 0 Å². The lowest BCUT2D eigenvalue weighted by atomic mass is 9.95. The highest BCUT2D eigenvalue weighted by atomic mass is 16.2. The Morgan fingerprint density at radius 1 is 1.38 bits per heavy atom. The van der Waals surface area contributed by atoms with E-state index in [2.05, 4.69) is 5.32 Å². The highest BCUT2D eigenvalue weighted by Crippen LogP contribution is 2.32. The zero-order valence-corrected chi connectivity index (χ0v) is 12.6. The number of nitrogens with zero attached hydrogens (tertiary/aromatic N) is 1. The number of amides is 2. The second-order valence-electron chi connectivity index (χ2n) is 5.65. The third-order valence-corrected chi connectivity index (χ3v) is 4.27. The Bertz CT molecular complexity index is 530. The van der Waals surface area contributed by atoms with Crippen molar-refractivity contribution < 1.29 is 9.59 Å². The fourth-order valence-electron chi connectivity index (χ4n) is 2.87. The number of nitrogens with one attached hydrogen (secondary N) is 1. The number of benzene rings is 1. The Morgan fingerprint density at radius 3 is 2.81 bits per heavy atom. The summed E-state index contributed by atoms with van der Waals surface area (Å²) >= 11 is 0. The summed E-state index contributed by atoms with van der Waals surface area (Å²) in [5.74, 6) is 0.278. The Labute approximate surface area is 125 Å². The predicted octanol–water partition coefficient (Wildman–Crippen LogP) is 1.98. The van der Waals surface area contributed by atoms with Crippen LogP contribution in [0.3, 0.4) is 0 Å². The Balaban J connectivity index is 2.07. The quantitative estimate of drug-likeness (QED) is 0.890. The topological polar surface area (TPSA) is 75.4 Å². The summed E-state index contributed by atoms with van der Waals surface area (Å²) in [5, 5.41) is 2.95. The first kappa shape index (κ1) is 15.5. The van der Waals surface area contributed by atoms with Crippen LogP contribution in [0, 0.1) is 11.8 Å². The van der Waals surface area contributed by atoms with Gasteiger partial charge < -0.3 is 16.0 Å². The lowest BCUT2D eigenvalue weighted by Crippen LogP contribution is -2.30. The van der Waals surface area contributed by atoms with Crippen LogP contribution in [0.15, 0.2) is 24.3 Å². The molecule has 5 nitrogen and oxygen atoms in total. The van der Waals surface area contributed by atoms with Crippen molar-refractivity contribution in [2.75, 3.05) is 23.8 Å². The van der Waals surface area contributed by atoms with Gasteiger partial charge >= 0.3 is 0 Å². The second-order valence-corrected chi connectivity index (χ2v) is 5.65. The Hall–Kier alpha value is -1.88. The van der Waals surface area contributed by atoms with E-state index in [4.69, 9.17) is 5.73 Å². The SMILES string of the molecule is CC(=O)N(C)c1cccc(NC(=O)[C@@H]2CCC[C@@H]2CN)c1. The summed E-state index contributed by atoms with van der Waals surface area (Å²) in [4.78, 5) is 25.3. The van der Waals surface area contributed by atoms with Crippen molar-refractivity contribution >= 4 is 23.2 Å². The molecule has 2 atom stereocenters. The summed E-state index contributed by atoms with van der Waals surface area (Å²) in [6.45, 7) is 2.07. The van der Waals surface area contributed by atoms with Gasteiger partial charge in [-0.1, -0.05) is 12.5 Å². The molecule has 1 aromatic carbocycles. The van der Waals surface area contributed by atoms with Crippen molar-refractivity contribution in [1.82, 2.24) is 0 Å². The van der Waals surface area contributed by atoms with Crippen LogP contribution in [0.1, 0.15) is 26.2 Å². The van der Waals surface area contributed by atoms with E-state index in [-0.39, 0.29) is 23.7 Å². The molecule has 114 valence electrons. The van der Waals surface area contributed by atoms with Crippen molar-refractivity contribution in [2.24, 2.45) is 17.6 Å². The van der Waals surface area contributed by atoms with Crippen LogP contribution in [0.5, 0.6) is 0 Å². The molecule has 0 radical (unpaired) electrons. The number of anilines is 2. The number of nitrogens with two attached hydrogens (primary N) is 1. The van der Waals surface area contributed by atoms with Crippen LogP contribution >= 0.6 is 0 Å². The molecule has 0 unspecified atom stereocenters. The van der Waals surface area contributed by atoms with E-state index in [9.17, 15) is 9.59 Å². The van der Waals surface area contributed by atoms with Gasteiger partial charge in [0, 0.05) is 31.3 Å². The molecule has 1 fully saturated rings. The Kier molecular flexibility index (Phi) is 4.96. The zero-order valence-electron chi connectivity index (χ0n) is 12.6. The molecule has 21 heavy (non-hydrogen) atoms. The summed E-state index contributed by atoms with van der Waals surface area (Å²) < 4.78 is 0. The number of carbonyl (C=O) groups excluding carboxylic acids is 2. The molecule has 0 aromatic heterocycles. The second kappa shape index (κ2) is 6.72. The minimum absolute atomic E-state index is 0.00388. The van der Waals surface area contributed by atoms with Gasteiger partial charge in [-0.15, -0.1) is 0 Å². The minimum Gasteiger partial charge on any atom is -0.330 e. The summed E-state index contributed by atoms with van der Waals surface area (Å²) in [6.07, 6.45) is 3.00. The largest absolute Gasteiger partial charge is 0.330 e. The third kappa shape index (κ3) is 3.61. The summed E-state index contributed by atoms with van der Waals surface area (Å²) in [6, 6.07) is 7.32. The highest BCUT2D eigenvalue weighted by Gasteiger charge is 2.31. The summed E-state index contributed by atoms with van der Waals surface area (Å²) in [5.41, 5.74) is 7.21. The smallest absolute Gasteiger partial charge is 0.227 e. The maximum atomic E-state index is 12.4. The molecular formula is C16H23N3O2. The van der Waals surface area contributed by atoms with Crippen molar-refractivity contribution in [2.45, 2.75) is 26.2 Å². The molecule has 2 amide bonds. The van der Waals surface area contributed by atoms with Crippen molar-refractivity contribution in [3.05, 3.63) is 24.3 Å². The standard InChI is InChI=1S/C16H23N3O2/c1-11(20)19(2)14-7-4-6-13(9-14)18-16(21)15-8-3-5-12(15)10-17/h4,6-7,9,12,15H,3,5,8,10,17H2,1-2H3,(H,18,21)/t12-,15-/m1/s1. The average Bonchev–Trinajstić information content (AvgIpc) is 2.95. The highest BCUT2D eigenvalue weighted by molar-refractivity contribution is 5.95. The number of rotatable bonds is 4. The average molecular weight is 289 g/mol. The van der Waals surface area contributed by atoms with Crippen LogP contribution in [0.2, 0.25) is 0 Å². The molecule has 0 aliphatic heterocycles. The van der Waals surface area contributed by atoms with Crippen LogP contribution in [0.4, 0.5) is 11.4 Å². The molecule has 1 aliphatic carbocycles. The number of hydrogen-bond acceptors (Lipinski definition) is 3. The van der Waals surface area contributed by atoms with Crippen molar-refractivity contribution in [1.29, 1.82) is 0 Å². The normalized spacial score (nSPS) is 21.1. The molecule has 1 aromatic rings. The summed E-state index contributed by atoms with van der Waals surface area (Å²) in [7, 11) is 1.71. The van der Waals surface area contributed by atoms with Gasteiger partial charge in [-0.2, -0.15) is 0 Å². The van der Waals surface area contributed by atoms with Gasteiger partial charge in [0.25, 0.3) is 0 Å². The maximum Gasteiger partial charge on any atom is 0.227 e. The predicted molar refractivity (Wildman–Crippen MR) is 84.0 cm³/mol. The van der Waals surface area contributed by atoms with Gasteiger partial charge in [-0.05, 0) is 43.5 Å². The molecule has 2 rings (SSSR count). The van der Waals surface area contributed by atoms with Crippen LogP contribution < -0.4 is 16.0 Å². The first-order valence-electron chi connectivity index (χ1n) is 7.38. The van der Waals surface area contributed by atoms with E-state index in [0.717, 1.165) is 24.9 Å². The third-order valence-electron chi connectivity index (χ3n) is 4.27. The molecule has 3 N–H and O–H groups in total. The monoisotopic (exact) mass is 289 g/mol. The van der Waals surface area contributed by atoms with Gasteiger partial charge in [-0.25, -0.2) is 0 Å². The van der Waals surface area contributed by atoms with Gasteiger partial charge in [-0.3, -0.25) is 9.59 Å². The first-order chi connectivity index (χ1) is 10.0. The minimum atomic E-state index is -0.0440. The van der Waals surface area contributed by atoms with Crippen molar-refractivity contribution in [3.63, 3.8) is 0 Å². The fourth-order valence-corrected chi connectivity index (χ4v) is 2.87. The van der Waals surface area contributed by atoms with E-state index in [1.54, 1.807) is 11.9 Å². The molecule has 0 heterocycles. The Morgan fingerprint density at radius 2 is 2.14 bits per heavy atom. The van der Waals surface area contributed by atoms with E-state index < -0.39 is 0 Å². The van der Waals surface area contributed by atoms with E-state index in [1.165, 1.54) is 6.92 Å². The molecule has 0 spiro atoms. The molecule has 0 bridgehead atoms. The number of carbonyl (C=O) groups is 2. The van der Waals surface area contributed by atoms with Crippen molar-refractivity contribution in [3.8, 4) is 0 Å². The molecule has 0 saturated heterocycles. The van der Waals surface area contributed by atoms with E-state index >= 15 is 0 Å². The fraction of sp³-hybridized carbons (Fsp3) is 0.500. The number of hydrogen-bond donors (Lipinski definition) is 2. The van der Waals surface area contributed by atoms with Gasteiger partial charge in [0.05, 0.1) is 0 Å².